The molecule has 4 N–H and O–H groups in total. The molecule has 0 saturated heterocycles. The number of nitrogens with one attached hydrogen (secondary N) is 2. The zero-order valence-electron chi connectivity index (χ0n) is 10.9. The third-order valence-corrected chi connectivity index (χ3v) is 2.52. The number of rotatable bonds is 6. The van der Waals surface area contributed by atoms with E-state index in [4.69, 9.17) is 10.2 Å². The SMILES string of the molecule is Cc1cccc(CNC(=O)N[C@H](CC(=O)O)C(=O)O)c1. The van der Waals surface area contributed by atoms with E-state index in [2.05, 4.69) is 10.6 Å². The first-order chi connectivity index (χ1) is 9.38. The summed E-state index contributed by atoms with van der Waals surface area (Å²) >= 11 is 0. The van der Waals surface area contributed by atoms with E-state index >= 15 is 0 Å². The van der Waals surface area contributed by atoms with Gasteiger partial charge in [-0.3, -0.25) is 4.79 Å². The van der Waals surface area contributed by atoms with Crippen molar-refractivity contribution >= 4 is 18.0 Å². The fourth-order valence-electron chi connectivity index (χ4n) is 1.59. The summed E-state index contributed by atoms with van der Waals surface area (Å²) in [5.74, 6) is -2.69. The Hall–Kier alpha value is -2.57. The highest BCUT2D eigenvalue weighted by Crippen LogP contribution is 2.03. The first-order valence-corrected chi connectivity index (χ1v) is 5.93. The molecule has 0 unspecified atom stereocenters. The third kappa shape index (κ3) is 5.38. The fraction of sp³-hybridized carbons (Fsp3) is 0.308. The number of aryl methyl sites for hydroxylation is 1. The lowest BCUT2D eigenvalue weighted by Gasteiger charge is -2.13. The number of amides is 2. The monoisotopic (exact) mass is 280 g/mol. The molecule has 0 bridgehead atoms. The number of carboxylic acid groups (broad SMARTS) is 2. The standard InChI is InChI=1S/C13H16N2O5/c1-8-3-2-4-9(5-8)7-14-13(20)15-10(12(18)19)6-11(16)17/h2-5,10H,6-7H2,1H3,(H,16,17)(H,18,19)(H2,14,15,20)/t10-/m1/s1. The zero-order chi connectivity index (χ0) is 15.1. The minimum absolute atomic E-state index is 0.229. The molecule has 0 aliphatic heterocycles. The molecule has 0 aromatic heterocycles. The van der Waals surface area contributed by atoms with Crippen LogP contribution in [-0.2, 0) is 16.1 Å². The molecule has 2 amide bonds. The van der Waals surface area contributed by atoms with Crippen molar-refractivity contribution in [1.82, 2.24) is 10.6 Å². The summed E-state index contributed by atoms with van der Waals surface area (Å²) in [7, 11) is 0. The Bertz CT molecular complexity index is 515. The van der Waals surface area contributed by atoms with Crippen LogP contribution in [0.5, 0.6) is 0 Å². The first-order valence-electron chi connectivity index (χ1n) is 5.93. The Kier molecular flexibility index (Phi) is 5.52. The Morgan fingerprint density at radius 1 is 1.25 bits per heavy atom. The van der Waals surface area contributed by atoms with Gasteiger partial charge in [-0.1, -0.05) is 29.8 Å². The summed E-state index contributed by atoms with van der Waals surface area (Å²) in [6.45, 7) is 2.14. The second-order valence-corrected chi connectivity index (χ2v) is 4.30. The molecule has 0 aliphatic carbocycles. The van der Waals surface area contributed by atoms with Crippen molar-refractivity contribution < 1.29 is 24.6 Å². The largest absolute Gasteiger partial charge is 0.481 e. The lowest BCUT2D eigenvalue weighted by Crippen LogP contribution is -2.46. The number of carboxylic acids is 2. The highest BCUT2D eigenvalue weighted by atomic mass is 16.4. The topological polar surface area (TPSA) is 116 Å². The molecule has 1 rings (SSSR count). The quantitative estimate of drug-likeness (QED) is 0.613. The predicted molar refractivity (Wildman–Crippen MR) is 70.2 cm³/mol. The van der Waals surface area contributed by atoms with E-state index < -0.39 is 30.4 Å². The molecule has 1 aromatic carbocycles. The number of urea groups is 1. The molecular formula is C13H16N2O5. The van der Waals surface area contributed by atoms with Crippen molar-refractivity contribution in [1.29, 1.82) is 0 Å². The Labute approximate surface area is 115 Å². The molecule has 7 heteroatoms. The van der Waals surface area contributed by atoms with Gasteiger partial charge in [-0.05, 0) is 12.5 Å². The summed E-state index contributed by atoms with van der Waals surface area (Å²) in [5.41, 5.74) is 1.91. The highest BCUT2D eigenvalue weighted by molar-refractivity contribution is 5.86. The summed E-state index contributed by atoms with van der Waals surface area (Å²) < 4.78 is 0. The minimum Gasteiger partial charge on any atom is -0.481 e. The van der Waals surface area contributed by atoms with Crippen LogP contribution in [0, 0.1) is 6.92 Å². The van der Waals surface area contributed by atoms with Crippen LogP contribution < -0.4 is 10.6 Å². The van der Waals surface area contributed by atoms with Crippen LogP contribution in [0.2, 0.25) is 0 Å². The van der Waals surface area contributed by atoms with E-state index in [1.165, 1.54) is 0 Å². The second-order valence-electron chi connectivity index (χ2n) is 4.30. The van der Waals surface area contributed by atoms with E-state index in [0.29, 0.717) is 0 Å². The molecule has 7 nitrogen and oxygen atoms in total. The maximum Gasteiger partial charge on any atom is 0.326 e. The smallest absolute Gasteiger partial charge is 0.326 e. The molecule has 108 valence electrons. The maximum atomic E-state index is 11.5. The van der Waals surface area contributed by atoms with Crippen molar-refractivity contribution in [2.24, 2.45) is 0 Å². The molecule has 0 heterocycles. The highest BCUT2D eigenvalue weighted by Gasteiger charge is 2.22. The summed E-state index contributed by atoms with van der Waals surface area (Å²) in [5, 5.41) is 21.9. The molecule has 20 heavy (non-hydrogen) atoms. The number of aliphatic carboxylic acids is 2. The van der Waals surface area contributed by atoms with Gasteiger partial charge in [0.1, 0.15) is 6.04 Å². The van der Waals surface area contributed by atoms with Crippen LogP contribution >= 0.6 is 0 Å². The summed E-state index contributed by atoms with van der Waals surface area (Å²) in [6, 6.07) is 5.28. The Morgan fingerprint density at radius 3 is 2.50 bits per heavy atom. The van der Waals surface area contributed by atoms with Gasteiger partial charge >= 0.3 is 18.0 Å². The molecule has 1 atom stereocenters. The molecular weight excluding hydrogens is 264 g/mol. The van der Waals surface area contributed by atoms with Gasteiger partial charge in [0.05, 0.1) is 6.42 Å². The van der Waals surface area contributed by atoms with E-state index in [1.807, 2.05) is 31.2 Å². The van der Waals surface area contributed by atoms with E-state index in [1.54, 1.807) is 0 Å². The van der Waals surface area contributed by atoms with Crippen molar-refractivity contribution in [3.63, 3.8) is 0 Å². The van der Waals surface area contributed by atoms with Gasteiger partial charge in [-0.15, -0.1) is 0 Å². The number of carbonyl (C=O) groups excluding carboxylic acids is 1. The summed E-state index contributed by atoms with van der Waals surface area (Å²) in [4.78, 5) is 32.8. The van der Waals surface area contributed by atoms with Crippen molar-refractivity contribution in [3.8, 4) is 0 Å². The average Bonchev–Trinajstić information content (AvgIpc) is 2.35. The van der Waals surface area contributed by atoms with Gasteiger partial charge in [-0.2, -0.15) is 0 Å². The summed E-state index contributed by atoms with van der Waals surface area (Å²) in [6.07, 6.45) is -0.673. The molecule has 0 radical (unpaired) electrons. The van der Waals surface area contributed by atoms with Crippen molar-refractivity contribution in [3.05, 3.63) is 35.4 Å². The normalized spacial score (nSPS) is 11.4. The zero-order valence-corrected chi connectivity index (χ0v) is 10.9. The predicted octanol–water partition coefficient (Wildman–Crippen LogP) is 0.722. The third-order valence-electron chi connectivity index (χ3n) is 2.52. The minimum atomic E-state index is -1.45. The molecule has 1 aromatic rings. The number of hydrogen-bond acceptors (Lipinski definition) is 3. The molecule has 0 spiro atoms. The van der Waals surface area contributed by atoms with Crippen molar-refractivity contribution in [2.45, 2.75) is 25.9 Å². The van der Waals surface area contributed by atoms with E-state index in [0.717, 1.165) is 11.1 Å². The number of benzene rings is 1. The van der Waals surface area contributed by atoms with Crippen LogP contribution in [0.1, 0.15) is 17.5 Å². The van der Waals surface area contributed by atoms with E-state index in [9.17, 15) is 14.4 Å². The average molecular weight is 280 g/mol. The van der Waals surface area contributed by atoms with Gasteiger partial charge in [0, 0.05) is 6.54 Å². The number of hydrogen-bond donors (Lipinski definition) is 4. The van der Waals surface area contributed by atoms with Crippen LogP contribution in [0.25, 0.3) is 0 Å². The Morgan fingerprint density at radius 2 is 1.95 bits per heavy atom. The number of carbonyl (C=O) groups is 3. The van der Waals surface area contributed by atoms with Crippen LogP contribution in [-0.4, -0.2) is 34.2 Å². The van der Waals surface area contributed by atoms with Gasteiger partial charge in [-0.25, -0.2) is 9.59 Å². The van der Waals surface area contributed by atoms with Crippen LogP contribution in [0.4, 0.5) is 4.79 Å². The second kappa shape index (κ2) is 7.13. The first kappa shape index (κ1) is 15.5. The molecule has 0 saturated carbocycles. The van der Waals surface area contributed by atoms with Gasteiger partial charge in [0.25, 0.3) is 0 Å². The van der Waals surface area contributed by atoms with Crippen LogP contribution in [0.15, 0.2) is 24.3 Å². The molecule has 0 aliphatic rings. The van der Waals surface area contributed by atoms with Gasteiger partial charge in [0.2, 0.25) is 0 Å². The van der Waals surface area contributed by atoms with Crippen molar-refractivity contribution in [2.75, 3.05) is 0 Å². The lowest BCUT2D eigenvalue weighted by molar-refractivity contribution is -0.145. The Balaban J connectivity index is 2.49. The van der Waals surface area contributed by atoms with Crippen LogP contribution in [0.3, 0.4) is 0 Å². The lowest BCUT2D eigenvalue weighted by atomic mass is 10.1. The van der Waals surface area contributed by atoms with Gasteiger partial charge < -0.3 is 20.8 Å². The maximum absolute atomic E-state index is 11.5. The van der Waals surface area contributed by atoms with E-state index in [-0.39, 0.29) is 6.54 Å². The van der Waals surface area contributed by atoms with Gasteiger partial charge in [0.15, 0.2) is 0 Å². The fourth-order valence-corrected chi connectivity index (χ4v) is 1.59. The molecule has 0 fully saturated rings.